The van der Waals surface area contributed by atoms with Gasteiger partial charge in [0.2, 0.25) is 0 Å². The van der Waals surface area contributed by atoms with Crippen LogP contribution in [0.4, 0.5) is 0 Å². The van der Waals surface area contributed by atoms with Crippen molar-refractivity contribution >= 4 is 11.6 Å². The summed E-state index contributed by atoms with van der Waals surface area (Å²) in [5, 5.41) is 2.92. The Morgan fingerprint density at radius 3 is 3.15 bits per heavy atom. The highest BCUT2D eigenvalue weighted by Crippen LogP contribution is 2.17. The van der Waals surface area contributed by atoms with Crippen LogP contribution in [0.15, 0.2) is 48.8 Å². The molecule has 1 fully saturated rings. The molecule has 140 valence electrons. The maximum Gasteiger partial charge on any atom is 0.271 e. The largest absolute Gasteiger partial charge is 0.491 e. The minimum Gasteiger partial charge on any atom is -0.491 e. The first kappa shape index (κ1) is 17.5. The number of nitrogens with zero attached hydrogens (tertiary/aromatic N) is 2. The van der Waals surface area contributed by atoms with E-state index < -0.39 is 0 Å². The Morgan fingerprint density at radius 2 is 2.30 bits per heavy atom. The lowest BCUT2D eigenvalue weighted by Crippen LogP contribution is -2.23. The van der Waals surface area contributed by atoms with Gasteiger partial charge in [-0.1, -0.05) is 12.1 Å². The smallest absolute Gasteiger partial charge is 0.271 e. The van der Waals surface area contributed by atoms with Crippen molar-refractivity contribution in [2.75, 3.05) is 13.2 Å². The molecule has 0 saturated carbocycles. The molecule has 1 aliphatic rings. The molecule has 1 saturated heterocycles. The molecule has 1 N–H and O–H groups in total. The van der Waals surface area contributed by atoms with Gasteiger partial charge in [-0.15, -0.1) is 0 Å². The topological polar surface area (TPSA) is 64.9 Å². The van der Waals surface area contributed by atoms with Crippen LogP contribution < -0.4 is 10.1 Å². The van der Waals surface area contributed by atoms with E-state index in [4.69, 9.17) is 9.47 Å². The van der Waals surface area contributed by atoms with Crippen LogP contribution in [0.5, 0.6) is 5.75 Å². The summed E-state index contributed by atoms with van der Waals surface area (Å²) in [6, 6.07) is 11.7. The lowest BCUT2D eigenvalue weighted by Gasteiger charge is -2.12. The Hall–Kier alpha value is -2.86. The van der Waals surface area contributed by atoms with Gasteiger partial charge < -0.3 is 19.2 Å². The number of benzene rings is 1. The van der Waals surface area contributed by atoms with Crippen molar-refractivity contribution in [1.29, 1.82) is 0 Å². The fraction of sp³-hybridized carbons (Fsp3) is 0.333. The van der Waals surface area contributed by atoms with Crippen LogP contribution in [0, 0.1) is 6.92 Å². The fourth-order valence-electron chi connectivity index (χ4n) is 3.18. The number of ether oxygens (including phenoxy) is 2. The highest BCUT2D eigenvalue weighted by atomic mass is 16.5. The quantitative estimate of drug-likeness (QED) is 0.729. The molecule has 0 bridgehead atoms. The van der Waals surface area contributed by atoms with Gasteiger partial charge in [0, 0.05) is 25.5 Å². The third kappa shape index (κ3) is 4.28. The van der Waals surface area contributed by atoms with Crippen molar-refractivity contribution in [2.45, 2.75) is 32.4 Å². The zero-order valence-corrected chi connectivity index (χ0v) is 15.4. The molecule has 1 aromatic carbocycles. The number of aromatic nitrogens is 2. The average Bonchev–Trinajstić information content (AvgIpc) is 3.34. The number of imidazole rings is 1. The van der Waals surface area contributed by atoms with E-state index >= 15 is 0 Å². The van der Waals surface area contributed by atoms with Gasteiger partial charge in [-0.3, -0.25) is 4.79 Å². The van der Waals surface area contributed by atoms with Gasteiger partial charge in [-0.2, -0.15) is 0 Å². The summed E-state index contributed by atoms with van der Waals surface area (Å²) in [7, 11) is 0. The van der Waals surface area contributed by atoms with Gasteiger partial charge in [-0.05, 0) is 55.2 Å². The van der Waals surface area contributed by atoms with Crippen LogP contribution >= 0.6 is 0 Å². The molecule has 3 heterocycles. The number of amides is 1. The first-order valence-electron chi connectivity index (χ1n) is 9.24. The van der Waals surface area contributed by atoms with E-state index in [1.807, 2.05) is 53.9 Å². The first-order valence-corrected chi connectivity index (χ1v) is 9.24. The van der Waals surface area contributed by atoms with Crippen molar-refractivity contribution in [3.63, 3.8) is 0 Å². The molecule has 0 spiro atoms. The zero-order valence-electron chi connectivity index (χ0n) is 15.4. The number of carbonyl (C=O) groups excluding carboxylic acids is 1. The second-order valence-corrected chi connectivity index (χ2v) is 6.87. The summed E-state index contributed by atoms with van der Waals surface area (Å²) in [6.07, 6.45) is 5.98. The average molecular weight is 365 g/mol. The number of rotatable bonds is 6. The third-order valence-corrected chi connectivity index (χ3v) is 4.66. The molecular formula is C21H23N3O3. The molecule has 1 atom stereocenters. The van der Waals surface area contributed by atoms with E-state index in [0.29, 0.717) is 18.8 Å². The SMILES string of the molecule is Cc1ccn2cc(C(=O)NCc3cccc(OC[C@H]4CCCO4)c3)nc2c1. The summed E-state index contributed by atoms with van der Waals surface area (Å²) in [5.74, 6) is 0.600. The number of hydrogen-bond acceptors (Lipinski definition) is 4. The monoisotopic (exact) mass is 365 g/mol. The Balaban J connectivity index is 1.35. The second-order valence-electron chi connectivity index (χ2n) is 6.87. The molecule has 4 rings (SSSR count). The van der Waals surface area contributed by atoms with Crippen LogP contribution in [-0.4, -0.2) is 34.6 Å². The number of hydrogen-bond donors (Lipinski definition) is 1. The van der Waals surface area contributed by atoms with E-state index in [9.17, 15) is 4.79 Å². The number of aryl methyl sites for hydroxylation is 1. The van der Waals surface area contributed by atoms with Crippen molar-refractivity contribution in [3.8, 4) is 5.75 Å². The Bertz CT molecular complexity index is 945. The Labute approximate surface area is 158 Å². The Kier molecular flexibility index (Phi) is 5.07. The maximum absolute atomic E-state index is 12.4. The number of fused-ring (bicyclic) bond motifs is 1. The maximum atomic E-state index is 12.4. The summed E-state index contributed by atoms with van der Waals surface area (Å²) >= 11 is 0. The van der Waals surface area contributed by atoms with E-state index in [0.717, 1.165) is 42.0 Å². The second kappa shape index (κ2) is 7.80. The molecule has 27 heavy (non-hydrogen) atoms. The molecule has 0 unspecified atom stereocenters. The third-order valence-electron chi connectivity index (χ3n) is 4.66. The van der Waals surface area contributed by atoms with Crippen molar-refractivity contribution in [3.05, 3.63) is 65.6 Å². The van der Waals surface area contributed by atoms with Crippen LogP contribution in [0.3, 0.4) is 0 Å². The molecule has 3 aromatic rings. The predicted octanol–water partition coefficient (Wildman–Crippen LogP) is 3.13. The van der Waals surface area contributed by atoms with Crippen molar-refractivity contribution in [1.82, 2.24) is 14.7 Å². The van der Waals surface area contributed by atoms with Gasteiger partial charge in [0.1, 0.15) is 23.7 Å². The summed E-state index contributed by atoms with van der Waals surface area (Å²) in [5.41, 5.74) is 3.27. The zero-order chi connectivity index (χ0) is 18.6. The van der Waals surface area contributed by atoms with E-state index in [2.05, 4.69) is 10.3 Å². The highest BCUT2D eigenvalue weighted by Gasteiger charge is 2.16. The molecule has 6 nitrogen and oxygen atoms in total. The predicted molar refractivity (Wildman–Crippen MR) is 102 cm³/mol. The molecule has 0 aliphatic carbocycles. The molecule has 2 aromatic heterocycles. The molecule has 0 radical (unpaired) electrons. The summed E-state index contributed by atoms with van der Waals surface area (Å²) in [6.45, 7) is 3.81. The number of pyridine rings is 1. The van der Waals surface area contributed by atoms with Gasteiger partial charge >= 0.3 is 0 Å². The van der Waals surface area contributed by atoms with Crippen LogP contribution in [-0.2, 0) is 11.3 Å². The van der Waals surface area contributed by atoms with E-state index in [1.165, 1.54) is 0 Å². The van der Waals surface area contributed by atoms with Crippen LogP contribution in [0.25, 0.3) is 5.65 Å². The van der Waals surface area contributed by atoms with E-state index in [1.54, 1.807) is 6.20 Å². The Morgan fingerprint density at radius 1 is 1.37 bits per heavy atom. The van der Waals surface area contributed by atoms with Crippen molar-refractivity contribution < 1.29 is 14.3 Å². The molecule has 1 amide bonds. The number of nitrogens with one attached hydrogen (secondary N) is 1. The lowest BCUT2D eigenvalue weighted by atomic mass is 10.2. The number of carbonyl (C=O) groups is 1. The van der Waals surface area contributed by atoms with Crippen molar-refractivity contribution in [2.24, 2.45) is 0 Å². The van der Waals surface area contributed by atoms with Gasteiger partial charge in [0.15, 0.2) is 0 Å². The standard InChI is InChI=1S/C21H23N3O3/c1-15-7-8-24-13-19(23-20(24)10-15)21(25)22-12-16-4-2-5-17(11-16)27-14-18-6-3-9-26-18/h2,4-5,7-8,10-11,13,18H,3,6,9,12,14H2,1H3,(H,22,25)/t18-/m1/s1. The van der Waals surface area contributed by atoms with Gasteiger partial charge in [-0.25, -0.2) is 4.98 Å². The molecular weight excluding hydrogens is 342 g/mol. The first-order chi connectivity index (χ1) is 13.2. The van der Waals surface area contributed by atoms with Gasteiger partial charge in [0.25, 0.3) is 5.91 Å². The normalized spacial score (nSPS) is 16.6. The minimum absolute atomic E-state index is 0.187. The van der Waals surface area contributed by atoms with Gasteiger partial charge in [0.05, 0.1) is 6.10 Å². The highest BCUT2D eigenvalue weighted by molar-refractivity contribution is 5.92. The minimum atomic E-state index is -0.193. The fourth-order valence-corrected chi connectivity index (χ4v) is 3.18. The molecule has 6 heteroatoms. The van der Waals surface area contributed by atoms with Crippen LogP contribution in [0.1, 0.15) is 34.5 Å². The van der Waals surface area contributed by atoms with E-state index in [-0.39, 0.29) is 12.0 Å². The molecule has 1 aliphatic heterocycles. The van der Waals surface area contributed by atoms with Crippen LogP contribution in [0.2, 0.25) is 0 Å². The summed E-state index contributed by atoms with van der Waals surface area (Å²) in [4.78, 5) is 16.8. The lowest BCUT2D eigenvalue weighted by molar-refractivity contribution is 0.0679. The summed E-state index contributed by atoms with van der Waals surface area (Å²) < 4.78 is 13.2.